The second kappa shape index (κ2) is 11.7. The molecular formula is C32H36N2O5. The molecule has 4 N–H and O–H groups in total. The Labute approximate surface area is 228 Å². The summed E-state index contributed by atoms with van der Waals surface area (Å²) in [6.45, 7) is 2.11. The van der Waals surface area contributed by atoms with Gasteiger partial charge in [-0.25, -0.2) is 0 Å². The molecular weight excluding hydrogens is 492 g/mol. The average molecular weight is 529 g/mol. The summed E-state index contributed by atoms with van der Waals surface area (Å²) in [4.78, 5) is 28.0. The lowest BCUT2D eigenvalue weighted by Gasteiger charge is -2.33. The Morgan fingerprint density at radius 1 is 0.923 bits per heavy atom. The SMILES string of the molecule is CC(=O)NC1CCc2cc(CO)c(CO)c(CO)c2-c2ccc(N3CCC(c4ccccc4)CC3)c(=O)cc21. The van der Waals surface area contributed by atoms with Gasteiger partial charge in [0.05, 0.1) is 31.5 Å². The highest BCUT2D eigenvalue weighted by molar-refractivity contribution is 5.79. The van der Waals surface area contributed by atoms with E-state index >= 15 is 0 Å². The third-order valence-electron chi connectivity index (χ3n) is 8.30. The second-order valence-corrected chi connectivity index (χ2v) is 10.6. The monoisotopic (exact) mass is 528 g/mol. The van der Waals surface area contributed by atoms with Crippen molar-refractivity contribution in [3.63, 3.8) is 0 Å². The Bertz CT molecular complexity index is 1410. The van der Waals surface area contributed by atoms with Gasteiger partial charge in [-0.3, -0.25) is 9.59 Å². The summed E-state index contributed by atoms with van der Waals surface area (Å²) in [5, 5.41) is 33.5. The zero-order valence-electron chi connectivity index (χ0n) is 22.3. The number of fused-ring (bicyclic) bond motifs is 3. The third kappa shape index (κ3) is 5.35. The van der Waals surface area contributed by atoms with Crippen molar-refractivity contribution in [2.24, 2.45) is 0 Å². The molecule has 1 fully saturated rings. The van der Waals surface area contributed by atoms with E-state index in [0.717, 1.165) is 42.6 Å². The highest BCUT2D eigenvalue weighted by Gasteiger charge is 2.28. The fourth-order valence-corrected chi connectivity index (χ4v) is 6.39. The van der Waals surface area contributed by atoms with E-state index in [9.17, 15) is 24.9 Å². The fraction of sp³-hybridized carbons (Fsp3) is 0.375. The lowest BCUT2D eigenvalue weighted by atomic mass is 9.87. The molecule has 7 nitrogen and oxygen atoms in total. The Morgan fingerprint density at radius 2 is 1.64 bits per heavy atom. The third-order valence-corrected chi connectivity index (χ3v) is 8.30. The number of benzene rings is 2. The minimum Gasteiger partial charge on any atom is -0.392 e. The van der Waals surface area contributed by atoms with E-state index in [4.69, 9.17) is 0 Å². The molecule has 39 heavy (non-hydrogen) atoms. The van der Waals surface area contributed by atoms with Gasteiger partial charge < -0.3 is 25.5 Å². The van der Waals surface area contributed by atoms with Crippen LogP contribution in [-0.4, -0.2) is 34.3 Å². The number of piperidine rings is 1. The standard InChI is InChI=1S/C32H36N2O5/c1-20(38)33-29-9-7-23-15-24(17-35)27(18-36)28(19-37)32(23)25-8-10-30(31(39)16-26(25)29)34-13-11-22(12-14-34)21-5-3-2-4-6-21/h2-6,8,10,15-16,22,29,35-37H,7,9,11-14,17-19H2,1H3,(H,33,38). The van der Waals surface area contributed by atoms with Crippen LogP contribution in [0.25, 0.3) is 11.1 Å². The highest BCUT2D eigenvalue weighted by atomic mass is 16.3. The normalized spacial score (nSPS) is 17.2. The number of amides is 1. The molecule has 0 radical (unpaired) electrons. The number of nitrogens with zero attached hydrogens (tertiary/aromatic N) is 1. The molecule has 0 saturated carbocycles. The van der Waals surface area contributed by atoms with Crippen LogP contribution >= 0.6 is 0 Å². The van der Waals surface area contributed by atoms with Gasteiger partial charge in [0, 0.05) is 20.0 Å². The Hall–Kier alpha value is -3.52. The molecule has 0 bridgehead atoms. The van der Waals surface area contributed by atoms with Gasteiger partial charge in [0.2, 0.25) is 11.3 Å². The van der Waals surface area contributed by atoms with Gasteiger partial charge in [-0.2, -0.15) is 0 Å². The second-order valence-electron chi connectivity index (χ2n) is 10.6. The first-order valence-electron chi connectivity index (χ1n) is 13.7. The van der Waals surface area contributed by atoms with Crippen LogP contribution in [0.1, 0.15) is 71.5 Å². The van der Waals surface area contributed by atoms with Crippen LogP contribution in [0.4, 0.5) is 5.69 Å². The van der Waals surface area contributed by atoms with Gasteiger partial charge in [0.25, 0.3) is 0 Å². The van der Waals surface area contributed by atoms with Crippen LogP contribution in [0.5, 0.6) is 0 Å². The summed E-state index contributed by atoms with van der Waals surface area (Å²) in [5.74, 6) is 0.279. The van der Waals surface area contributed by atoms with Gasteiger partial charge in [-0.05, 0) is 88.2 Å². The van der Waals surface area contributed by atoms with Crippen molar-refractivity contribution in [1.29, 1.82) is 0 Å². The number of aliphatic hydroxyl groups excluding tert-OH is 3. The number of carbonyl (C=O) groups excluding carboxylic acids is 1. The molecule has 1 aliphatic carbocycles. The van der Waals surface area contributed by atoms with E-state index in [1.807, 2.05) is 24.3 Å². The summed E-state index contributed by atoms with van der Waals surface area (Å²) < 4.78 is 0. The van der Waals surface area contributed by atoms with Gasteiger partial charge >= 0.3 is 0 Å². The Balaban J connectivity index is 1.61. The van der Waals surface area contributed by atoms with Gasteiger partial charge in [0.1, 0.15) is 0 Å². The lowest BCUT2D eigenvalue weighted by Crippen LogP contribution is -2.35. The van der Waals surface area contributed by atoms with Crippen molar-refractivity contribution in [3.05, 3.63) is 98.2 Å². The van der Waals surface area contributed by atoms with E-state index in [-0.39, 0.29) is 37.2 Å². The number of aryl methyl sites for hydroxylation is 1. The number of carbonyl (C=O) groups is 1. The van der Waals surface area contributed by atoms with Gasteiger partial charge in [0.15, 0.2) is 0 Å². The number of hydrogen-bond acceptors (Lipinski definition) is 6. The Morgan fingerprint density at radius 3 is 2.28 bits per heavy atom. The molecule has 1 amide bonds. The Kier molecular flexibility index (Phi) is 8.12. The van der Waals surface area contributed by atoms with Gasteiger partial charge in [-0.15, -0.1) is 0 Å². The molecule has 1 unspecified atom stereocenters. The molecule has 204 valence electrons. The van der Waals surface area contributed by atoms with E-state index in [0.29, 0.717) is 46.7 Å². The average Bonchev–Trinajstić information content (AvgIpc) is 3.21. The maximum Gasteiger partial charge on any atom is 0.217 e. The molecule has 1 heterocycles. The molecule has 5 rings (SSSR count). The van der Waals surface area contributed by atoms with E-state index in [2.05, 4.69) is 34.5 Å². The van der Waals surface area contributed by atoms with Gasteiger partial charge in [-0.1, -0.05) is 42.5 Å². The number of nitrogens with one attached hydrogen (secondary N) is 1. The van der Waals surface area contributed by atoms with Crippen LogP contribution in [0, 0.1) is 0 Å². The lowest BCUT2D eigenvalue weighted by molar-refractivity contribution is -0.119. The van der Waals surface area contributed by atoms with Crippen molar-refractivity contribution < 1.29 is 20.1 Å². The summed E-state index contributed by atoms with van der Waals surface area (Å²) in [6, 6.07) is 17.4. The quantitative estimate of drug-likeness (QED) is 0.389. The topological polar surface area (TPSA) is 110 Å². The molecule has 7 heteroatoms. The first kappa shape index (κ1) is 27.1. The molecule has 3 aromatic carbocycles. The van der Waals surface area contributed by atoms with Crippen molar-refractivity contribution in [2.45, 2.75) is 64.4 Å². The van der Waals surface area contributed by atoms with Crippen LogP contribution in [-0.2, 0) is 31.0 Å². The molecule has 1 aliphatic heterocycles. The smallest absolute Gasteiger partial charge is 0.217 e. The van der Waals surface area contributed by atoms with Crippen molar-refractivity contribution >= 4 is 11.6 Å². The summed E-state index contributed by atoms with van der Waals surface area (Å²) in [6.07, 6.45) is 3.06. The van der Waals surface area contributed by atoms with Crippen LogP contribution in [0.15, 0.2) is 59.4 Å². The summed E-state index contributed by atoms with van der Waals surface area (Å²) >= 11 is 0. The van der Waals surface area contributed by atoms with Crippen LogP contribution in [0.3, 0.4) is 0 Å². The fourth-order valence-electron chi connectivity index (χ4n) is 6.39. The molecule has 2 aliphatic rings. The van der Waals surface area contributed by atoms with Crippen LogP contribution < -0.4 is 15.6 Å². The van der Waals surface area contributed by atoms with Crippen molar-refractivity contribution in [1.82, 2.24) is 5.32 Å². The number of rotatable bonds is 6. The number of hydrogen-bond donors (Lipinski definition) is 4. The molecule has 1 saturated heterocycles. The summed E-state index contributed by atoms with van der Waals surface area (Å²) in [7, 11) is 0. The first-order valence-corrected chi connectivity index (χ1v) is 13.7. The largest absolute Gasteiger partial charge is 0.392 e. The molecule has 0 aromatic heterocycles. The molecule has 0 spiro atoms. The van der Waals surface area contributed by atoms with Crippen molar-refractivity contribution in [3.8, 4) is 11.1 Å². The first-order chi connectivity index (χ1) is 18.9. The minimum atomic E-state index is -0.386. The molecule has 3 aromatic rings. The maximum absolute atomic E-state index is 13.7. The van der Waals surface area contributed by atoms with E-state index in [1.54, 1.807) is 6.07 Å². The minimum absolute atomic E-state index is 0.104. The number of aliphatic hydroxyl groups is 3. The zero-order valence-corrected chi connectivity index (χ0v) is 22.3. The summed E-state index contributed by atoms with van der Waals surface area (Å²) in [5.41, 5.74) is 6.62. The maximum atomic E-state index is 13.7. The van der Waals surface area contributed by atoms with Crippen LogP contribution in [0.2, 0.25) is 0 Å². The van der Waals surface area contributed by atoms with E-state index in [1.165, 1.54) is 12.5 Å². The highest BCUT2D eigenvalue weighted by Crippen LogP contribution is 2.41. The predicted molar refractivity (Wildman–Crippen MR) is 151 cm³/mol. The molecule has 1 atom stereocenters. The van der Waals surface area contributed by atoms with E-state index < -0.39 is 0 Å². The zero-order chi connectivity index (χ0) is 27.5. The van der Waals surface area contributed by atoms with Crippen molar-refractivity contribution in [2.75, 3.05) is 18.0 Å². The predicted octanol–water partition coefficient (Wildman–Crippen LogP) is 3.70. The number of anilines is 1.